The lowest BCUT2D eigenvalue weighted by atomic mass is 10.1. The summed E-state index contributed by atoms with van der Waals surface area (Å²) in [6.45, 7) is 2.86. The Balaban J connectivity index is 1.57. The van der Waals surface area contributed by atoms with Crippen molar-refractivity contribution >= 4 is 51.7 Å². The van der Waals surface area contributed by atoms with Crippen LogP contribution < -0.4 is 10.1 Å². The fourth-order valence-electron chi connectivity index (χ4n) is 3.16. The first kappa shape index (κ1) is 25.8. The van der Waals surface area contributed by atoms with Gasteiger partial charge in [0.25, 0.3) is 5.91 Å². The fourth-order valence-corrected chi connectivity index (χ4v) is 4.46. The summed E-state index contributed by atoms with van der Waals surface area (Å²) in [6, 6.07) is 14.6. The lowest BCUT2D eigenvalue weighted by molar-refractivity contribution is -0.112. The van der Waals surface area contributed by atoms with E-state index in [2.05, 4.69) is 17.2 Å². The third kappa shape index (κ3) is 7.88. The van der Waals surface area contributed by atoms with Crippen LogP contribution in [0.25, 0.3) is 6.08 Å². The number of benzene rings is 2. The zero-order valence-electron chi connectivity index (χ0n) is 18.8. The summed E-state index contributed by atoms with van der Waals surface area (Å²) in [5.41, 5.74) is 1.64. The number of carbonyl (C=O) groups excluding carboxylic acids is 1. The first-order chi connectivity index (χ1) is 16.5. The summed E-state index contributed by atoms with van der Waals surface area (Å²) >= 11 is 13.5. The van der Waals surface area contributed by atoms with Crippen LogP contribution in [0.2, 0.25) is 10.0 Å². The van der Waals surface area contributed by atoms with Crippen LogP contribution in [-0.4, -0.2) is 17.5 Å². The molecular formula is C26H25Cl2N3O2S. The number of nitrogens with one attached hydrogen (secondary N) is 1. The van der Waals surface area contributed by atoms with E-state index in [-0.39, 0.29) is 5.57 Å². The van der Waals surface area contributed by atoms with Gasteiger partial charge >= 0.3 is 0 Å². The predicted octanol–water partition coefficient (Wildman–Crippen LogP) is 7.55. The molecule has 0 saturated carbocycles. The first-order valence-corrected chi connectivity index (χ1v) is 12.6. The Morgan fingerprint density at radius 2 is 1.97 bits per heavy atom. The Morgan fingerprint density at radius 1 is 1.18 bits per heavy atom. The molecule has 0 radical (unpaired) electrons. The minimum atomic E-state index is -0.510. The standard InChI is InChI=1S/C26H25Cl2N3O2S/c1-2-3-4-5-12-33-22-10-6-18(7-11-22)13-20(16-29)25(32)31-26-30-17-23(34-26)14-19-8-9-21(27)15-24(19)28/h6-11,13,15,17H,2-5,12,14H2,1H3,(H,30,31,32). The second-order valence-corrected chi connectivity index (χ2v) is 9.61. The van der Waals surface area contributed by atoms with Gasteiger partial charge in [0.2, 0.25) is 0 Å². The number of halogens is 2. The molecule has 1 heterocycles. The smallest absolute Gasteiger partial charge is 0.268 e. The molecule has 1 aromatic heterocycles. The average Bonchev–Trinajstić information content (AvgIpc) is 3.26. The van der Waals surface area contributed by atoms with E-state index in [1.54, 1.807) is 24.4 Å². The molecule has 0 aliphatic rings. The van der Waals surface area contributed by atoms with Crippen molar-refractivity contribution in [1.82, 2.24) is 4.98 Å². The summed E-state index contributed by atoms with van der Waals surface area (Å²) < 4.78 is 5.74. The van der Waals surface area contributed by atoms with Crippen molar-refractivity contribution < 1.29 is 9.53 Å². The number of thiazole rings is 1. The normalized spacial score (nSPS) is 11.2. The second kappa shape index (κ2) is 13.1. The van der Waals surface area contributed by atoms with E-state index >= 15 is 0 Å². The third-order valence-electron chi connectivity index (χ3n) is 4.98. The van der Waals surface area contributed by atoms with Crippen LogP contribution in [0.1, 0.15) is 48.6 Å². The number of hydrogen-bond donors (Lipinski definition) is 1. The highest BCUT2D eigenvalue weighted by atomic mass is 35.5. The lowest BCUT2D eigenvalue weighted by Crippen LogP contribution is -2.13. The van der Waals surface area contributed by atoms with Crippen LogP contribution in [0.4, 0.5) is 5.13 Å². The predicted molar refractivity (Wildman–Crippen MR) is 140 cm³/mol. The molecule has 1 N–H and O–H groups in total. The van der Waals surface area contributed by atoms with Gasteiger partial charge in [-0.1, -0.05) is 67.6 Å². The molecule has 5 nitrogen and oxygen atoms in total. The largest absolute Gasteiger partial charge is 0.494 e. The summed E-state index contributed by atoms with van der Waals surface area (Å²) in [7, 11) is 0. The molecule has 0 saturated heterocycles. The van der Waals surface area contributed by atoms with Crippen LogP contribution in [0.3, 0.4) is 0 Å². The quantitative estimate of drug-likeness (QED) is 0.163. The Kier molecular flexibility index (Phi) is 9.96. The number of nitriles is 1. The fraction of sp³-hybridized carbons (Fsp3) is 0.269. The highest BCUT2D eigenvalue weighted by Crippen LogP contribution is 2.27. The van der Waals surface area contributed by atoms with Gasteiger partial charge in [-0.15, -0.1) is 11.3 Å². The number of carbonyl (C=O) groups is 1. The zero-order chi connectivity index (χ0) is 24.3. The van der Waals surface area contributed by atoms with Gasteiger partial charge in [0, 0.05) is 27.5 Å². The Bertz CT molecular complexity index is 1180. The summed E-state index contributed by atoms with van der Waals surface area (Å²) in [5.74, 6) is 0.261. The number of rotatable bonds is 11. The maximum Gasteiger partial charge on any atom is 0.268 e. The Hall–Kier alpha value is -2.85. The van der Waals surface area contributed by atoms with Crippen molar-refractivity contribution in [3.8, 4) is 11.8 Å². The van der Waals surface area contributed by atoms with E-state index in [4.69, 9.17) is 27.9 Å². The van der Waals surface area contributed by atoms with Gasteiger partial charge in [0.05, 0.1) is 6.61 Å². The zero-order valence-corrected chi connectivity index (χ0v) is 21.1. The molecule has 0 aliphatic heterocycles. The molecule has 3 rings (SSSR count). The first-order valence-electron chi connectivity index (χ1n) is 11.0. The van der Waals surface area contributed by atoms with Gasteiger partial charge in [-0.25, -0.2) is 4.98 Å². The third-order valence-corrected chi connectivity index (χ3v) is 6.48. The molecule has 176 valence electrons. The molecule has 0 unspecified atom stereocenters. The summed E-state index contributed by atoms with van der Waals surface area (Å²) in [5, 5.41) is 13.8. The maximum absolute atomic E-state index is 12.6. The number of anilines is 1. The molecule has 3 aromatic rings. The van der Waals surface area contributed by atoms with Crippen molar-refractivity contribution in [2.75, 3.05) is 11.9 Å². The molecule has 1 amide bonds. The minimum Gasteiger partial charge on any atom is -0.494 e. The van der Waals surface area contributed by atoms with E-state index < -0.39 is 5.91 Å². The maximum atomic E-state index is 12.6. The molecule has 8 heteroatoms. The average molecular weight is 514 g/mol. The number of nitrogens with zero attached hydrogens (tertiary/aromatic N) is 2. The summed E-state index contributed by atoms with van der Waals surface area (Å²) in [4.78, 5) is 17.8. The molecule has 34 heavy (non-hydrogen) atoms. The van der Waals surface area contributed by atoms with Crippen molar-refractivity contribution in [2.24, 2.45) is 0 Å². The van der Waals surface area contributed by atoms with Crippen LogP contribution >= 0.6 is 34.5 Å². The molecular weight excluding hydrogens is 489 g/mol. The van der Waals surface area contributed by atoms with Gasteiger partial charge in [0.15, 0.2) is 5.13 Å². The molecule has 2 aromatic carbocycles. The van der Waals surface area contributed by atoms with Crippen LogP contribution in [0.5, 0.6) is 5.75 Å². The van der Waals surface area contributed by atoms with E-state index in [0.717, 1.165) is 34.6 Å². The molecule has 0 spiro atoms. The van der Waals surface area contributed by atoms with Gasteiger partial charge in [-0.3, -0.25) is 10.1 Å². The number of aromatic nitrogens is 1. The van der Waals surface area contributed by atoms with Gasteiger partial charge in [-0.2, -0.15) is 5.26 Å². The van der Waals surface area contributed by atoms with E-state index in [1.165, 1.54) is 24.2 Å². The van der Waals surface area contributed by atoms with Crippen LogP contribution in [-0.2, 0) is 11.2 Å². The van der Waals surface area contributed by atoms with Crippen molar-refractivity contribution in [3.63, 3.8) is 0 Å². The van der Waals surface area contributed by atoms with Gasteiger partial charge < -0.3 is 4.74 Å². The van der Waals surface area contributed by atoms with Gasteiger partial charge in [-0.05, 0) is 47.9 Å². The lowest BCUT2D eigenvalue weighted by Gasteiger charge is -2.06. The van der Waals surface area contributed by atoms with Gasteiger partial charge in [0.1, 0.15) is 17.4 Å². The highest BCUT2D eigenvalue weighted by Gasteiger charge is 2.13. The van der Waals surface area contributed by atoms with Crippen molar-refractivity contribution in [3.05, 3.63) is 80.3 Å². The van der Waals surface area contributed by atoms with Crippen molar-refractivity contribution in [1.29, 1.82) is 5.26 Å². The molecule has 0 bridgehead atoms. The van der Waals surface area contributed by atoms with E-state index in [0.29, 0.717) is 28.2 Å². The van der Waals surface area contributed by atoms with E-state index in [1.807, 2.05) is 36.4 Å². The van der Waals surface area contributed by atoms with E-state index in [9.17, 15) is 10.1 Å². The monoisotopic (exact) mass is 513 g/mol. The van der Waals surface area contributed by atoms with Crippen molar-refractivity contribution in [2.45, 2.75) is 39.0 Å². The number of hydrogen-bond acceptors (Lipinski definition) is 5. The minimum absolute atomic E-state index is 0.00858. The number of amides is 1. The Morgan fingerprint density at radius 3 is 2.68 bits per heavy atom. The Labute approximate surface area is 214 Å². The van der Waals surface area contributed by atoms with Crippen LogP contribution in [0, 0.1) is 11.3 Å². The number of unbranched alkanes of at least 4 members (excludes halogenated alkanes) is 3. The molecule has 0 aliphatic carbocycles. The molecule has 0 atom stereocenters. The van der Waals surface area contributed by atoms with Crippen LogP contribution in [0.15, 0.2) is 54.2 Å². The topological polar surface area (TPSA) is 75.0 Å². The SMILES string of the molecule is CCCCCCOc1ccc(C=C(C#N)C(=O)Nc2ncc(Cc3ccc(Cl)cc3Cl)s2)cc1. The second-order valence-electron chi connectivity index (χ2n) is 7.65. The number of ether oxygens (including phenoxy) is 1. The molecule has 0 fully saturated rings. The highest BCUT2D eigenvalue weighted by molar-refractivity contribution is 7.15. The summed E-state index contributed by atoms with van der Waals surface area (Å²) in [6.07, 6.45) is 8.39.